The first kappa shape index (κ1) is 13.7. The first-order valence-corrected chi connectivity index (χ1v) is 7.77. The fourth-order valence-corrected chi connectivity index (χ4v) is 3.43. The van der Waals surface area contributed by atoms with E-state index in [1.807, 2.05) is 40.7 Å². The van der Waals surface area contributed by atoms with E-state index >= 15 is 0 Å². The molecule has 0 aliphatic carbocycles. The van der Waals surface area contributed by atoms with E-state index in [0.717, 1.165) is 36.6 Å². The van der Waals surface area contributed by atoms with Gasteiger partial charge in [-0.3, -0.25) is 4.79 Å². The molecule has 1 aromatic heterocycles. The summed E-state index contributed by atoms with van der Waals surface area (Å²) in [5.41, 5.74) is 1.95. The predicted octanol–water partition coefficient (Wildman–Crippen LogP) is 0.544. The van der Waals surface area contributed by atoms with E-state index in [9.17, 15) is 4.79 Å². The van der Waals surface area contributed by atoms with Gasteiger partial charge in [0.15, 0.2) is 0 Å². The Labute approximate surface area is 129 Å². The van der Waals surface area contributed by atoms with Crippen LogP contribution in [0, 0.1) is 6.92 Å². The Morgan fingerprint density at radius 1 is 1.41 bits per heavy atom. The van der Waals surface area contributed by atoms with Crippen LogP contribution < -0.4 is 5.32 Å². The van der Waals surface area contributed by atoms with Crippen LogP contribution in [0.5, 0.6) is 0 Å². The maximum absolute atomic E-state index is 12.6. The standard InChI is InChI=1S/C16H20N4O2/c1-11-18-12-4-2-3-5-14(12)20(11)10-16(21)19-8-13-15(9-19)22-7-6-17-13/h2-5,13,15,17H,6-10H2,1H3/t13-,15-/m0/s1. The minimum absolute atomic E-state index is 0.131. The molecule has 2 aromatic rings. The number of hydrogen-bond acceptors (Lipinski definition) is 4. The van der Waals surface area contributed by atoms with Crippen LogP contribution in [0.25, 0.3) is 11.0 Å². The van der Waals surface area contributed by atoms with Gasteiger partial charge in [0.1, 0.15) is 12.4 Å². The molecule has 116 valence electrons. The Bertz CT molecular complexity index is 697. The molecule has 1 amide bonds. The Hall–Kier alpha value is -1.92. The summed E-state index contributed by atoms with van der Waals surface area (Å²) < 4.78 is 7.73. The van der Waals surface area contributed by atoms with E-state index in [4.69, 9.17) is 4.74 Å². The average molecular weight is 300 g/mol. The number of para-hydroxylation sites is 2. The molecule has 2 aliphatic heterocycles. The first-order valence-electron chi connectivity index (χ1n) is 7.77. The van der Waals surface area contributed by atoms with Crippen molar-refractivity contribution in [3.05, 3.63) is 30.1 Å². The third-order valence-electron chi connectivity index (χ3n) is 4.60. The molecule has 6 nitrogen and oxygen atoms in total. The lowest BCUT2D eigenvalue weighted by atomic mass is 10.2. The van der Waals surface area contributed by atoms with E-state index < -0.39 is 0 Å². The predicted molar refractivity (Wildman–Crippen MR) is 82.6 cm³/mol. The van der Waals surface area contributed by atoms with Crippen molar-refractivity contribution in [3.63, 3.8) is 0 Å². The fraction of sp³-hybridized carbons (Fsp3) is 0.500. The number of carbonyl (C=O) groups excluding carboxylic acids is 1. The number of imidazole rings is 1. The van der Waals surface area contributed by atoms with Crippen molar-refractivity contribution >= 4 is 16.9 Å². The molecule has 1 aromatic carbocycles. The normalized spacial score (nSPS) is 24.7. The fourth-order valence-electron chi connectivity index (χ4n) is 3.43. The lowest BCUT2D eigenvalue weighted by molar-refractivity contribution is -0.131. The van der Waals surface area contributed by atoms with Gasteiger partial charge in [-0.2, -0.15) is 0 Å². The van der Waals surface area contributed by atoms with Crippen molar-refractivity contribution in [1.82, 2.24) is 19.8 Å². The third kappa shape index (κ3) is 2.28. The quantitative estimate of drug-likeness (QED) is 0.880. The summed E-state index contributed by atoms with van der Waals surface area (Å²) in [6.07, 6.45) is 0.137. The first-order chi connectivity index (χ1) is 10.7. The summed E-state index contributed by atoms with van der Waals surface area (Å²) in [4.78, 5) is 19.1. The highest BCUT2D eigenvalue weighted by atomic mass is 16.5. The number of fused-ring (bicyclic) bond motifs is 2. The van der Waals surface area contributed by atoms with Crippen molar-refractivity contribution in [2.45, 2.75) is 25.6 Å². The summed E-state index contributed by atoms with van der Waals surface area (Å²) in [6, 6.07) is 8.21. The van der Waals surface area contributed by atoms with Crippen LogP contribution in [0.2, 0.25) is 0 Å². The lowest BCUT2D eigenvalue weighted by Crippen LogP contribution is -2.47. The summed E-state index contributed by atoms with van der Waals surface area (Å²) in [7, 11) is 0. The highest BCUT2D eigenvalue weighted by Crippen LogP contribution is 2.19. The van der Waals surface area contributed by atoms with Crippen LogP contribution in [-0.2, 0) is 16.1 Å². The molecule has 2 saturated heterocycles. The number of morpholine rings is 1. The zero-order valence-corrected chi connectivity index (χ0v) is 12.7. The van der Waals surface area contributed by atoms with Crippen LogP contribution in [0.4, 0.5) is 0 Å². The Morgan fingerprint density at radius 2 is 2.27 bits per heavy atom. The van der Waals surface area contributed by atoms with E-state index in [0.29, 0.717) is 13.1 Å². The monoisotopic (exact) mass is 300 g/mol. The average Bonchev–Trinajstić information content (AvgIpc) is 3.09. The van der Waals surface area contributed by atoms with Gasteiger partial charge in [0, 0.05) is 19.6 Å². The molecule has 0 bridgehead atoms. The van der Waals surface area contributed by atoms with Crippen LogP contribution in [-0.4, -0.2) is 58.7 Å². The van der Waals surface area contributed by atoms with Gasteiger partial charge in [0.05, 0.1) is 29.8 Å². The third-order valence-corrected chi connectivity index (χ3v) is 4.60. The minimum atomic E-state index is 0.131. The number of benzene rings is 1. The van der Waals surface area contributed by atoms with Crippen molar-refractivity contribution in [3.8, 4) is 0 Å². The molecular formula is C16H20N4O2. The molecule has 4 rings (SSSR count). The Morgan fingerprint density at radius 3 is 3.14 bits per heavy atom. The number of carbonyl (C=O) groups is 1. The van der Waals surface area contributed by atoms with Crippen molar-refractivity contribution in [2.24, 2.45) is 0 Å². The number of rotatable bonds is 2. The summed E-state index contributed by atoms with van der Waals surface area (Å²) in [5, 5.41) is 3.43. The van der Waals surface area contributed by atoms with Gasteiger partial charge in [-0.25, -0.2) is 4.98 Å². The van der Waals surface area contributed by atoms with Crippen molar-refractivity contribution < 1.29 is 9.53 Å². The van der Waals surface area contributed by atoms with Crippen LogP contribution in [0.1, 0.15) is 5.82 Å². The number of aromatic nitrogens is 2. The van der Waals surface area contributed by atoms with E-state index in [-0.39, 0.29) is 18.1 Å². The van der Waals surface area contributed by atoms with Gasteiger partial charge in [-0.15, -0.1) is 0 Å². The topological polar surface area (TPSA) is 59.4 Å². The SMILES string of the molecule is Cc1nc2ccccc2n1CC(=O)N1C[C@@H]2NCCO[C@H]2C1. The second-order valence-corrected chi connectivity index (χ2v) is 6.00. The number of hydrogen-bond donors (Lipinski definition) is 1. The van der Waals surface area contributed by atoms with Crippen molar-refractivity contribution in [1.29, 1.82) is 0 Å². The molecule has 0 spiro atoms. The van der Waals surface area contributed by atoms with Crippen LogP contribution >= 0.6 is 0 Å². The maximum atomic E-state index is 12.6. The van der Waals surface area contributed by atoms with Gasteiger partial charge >= 0.3 is 0 Å². The van der Waals surface area contributed by atoms with Gasteiger partial charge < -0.3 is 19.5 Å². The molecule has 22 heavy (non-hydrogen) atoms. The number of amides is 1. The second kappa shape index (κ2) is 5.37. The molecular weight excluding hydrogens is 280 g/mol. The van der Waals surface area contributed by atoms with Crippen molar-refractivity contribution in [2.75, 3.05) is 26.2 Å². The largest absolute Gasteiger partial charge is 0.373 e. The van der Waals surface area contributed by atoms with Gasteiger partial charge in [0.25, 0.3) is 0 Å². The molecule has 6 heteroatoms. The molecule has 2 atom stereocenters. The highest BCUT2D eigenvalue weighted by Gasteiger charge is 2.37. The molecule has 1 N–H and O–H groups in total. The van der Waals surface area contributed by atoms with E-state index in [2.05, 4.69) is 10.3 Å². The lowest BCUT2D eigenvalue weighted by Gasteiger charge is -2.25. The number of nitrogens with one attached hydrogen (secondary N) is 1. The van der Waals surface area contributed by atoms with E-state index in [1.54, 1.807) is 0 Å². The van der Waals surface area contributed by atoms with Gasteiger partial charge in [-0.05, 0) is 19.1 Å². The zero-order chi connectivity index (χ0) is 15.1. The number of nitrogens with zero attached hydrogens (tertiary/aromatic N) is 3. The second-order valence-electron chi connectivity index (χ2n) is 6.00. The summed E-state index contributed by atoms with van der Waals surface area (Å²) in [6.45, 7) is 5.30. The highest BCUT2D eigenvalue weighted by molar-refractivity contribution is 5.81. The molecule has 0 unspecified atom stereocenters. The summed E-state index contributed by atoms with van der Waals surface area (Å²) >= 11 is 0. The van der Waals surface area contributed by atoms with Gasteiger partial charge in [0.2, 0.25) is 5.91 Å². The molecule has 2 fully saturated rings. The zero-order valence-electron chi connectivity index (χ0n) is 12.7. The Kier molecular flexibility index (Phi) is 3.35. The van der Waals surface area contributed by atoms with Crippen LogP contribution in [0.15, 0.2) is 24.3 Å². The number of likely N-dealkylation sites (tertiary alicyclic amines) is 1. The molecule has 0 saturated carbocycles. The molecule has 3 heterocycles. The number of aryl methyl sites for hydroxylation is 1. The van der Waals surface area contributed by atoms with Gasteiger partial charge in [-0.1, -0.05) is 12.1 Å². The smallest absolute Gasteiger partial charge is 0.242 e. The Balaban J connectivity index is 1.53. The number of ether oxygens (including phenoxy) is 1. The maximum Gasteiger partial charge on any atom is 0.242 e. The summed E-state index contributed by atoms with van der Waals surface area (Å²) in [5.74, 6) is 1.01. The molecule has 0 radical (unpaired) electrons. The molecule has 2 aliphatic rings. The van der Waals surface area contributed by atoms with E-state index in [1.165, 1.54) is 0 Å². The minimum Gasteiger partial charge on any atom is -0.373 e. The van der Waals surface area contributed by atoms with Crippen LogP contribution in [0.3, 0.4) is 0 Å².